The summed E-state index contributed by atoms with van der Waals surface area (Å²) in [4.78, 5) is 16.4. The highest BCUT2D eigenvalue weighted by molar-refractivity contribution is 5.94. The molecule has 0 atom stereocenters. The SMILES string of the molecule is CCNC(=O)c1ccc(CNC(=NCc2ccc(OC)cc2)NCC)cc1. The summed E-state index contributed by atoms with van der Waals surface area (Å²) in [5, 5.41) is 9.36. The monoisotopic (exact) mass is 368 g/mol. The largest absolute Gasteiger partial charge is 0.497 e. The van der Waals surface area contributed by atoms with Crippen molar-refractivity contribution >= 4 is 11.9 Å². The number of aliphatic imine (C=N–C) groups is 1. The third-order valence-electron chi connectivity index (χ3n) is 3.94. The van der Waals surface area contributed by atoms with Crippen LogP contribution in [0.15, 0.2) is 53.5 Å². The second-order valence-corrected chi connectivity index (χ2v) is 5.95. The van der Waals surface area contributed by atoms with Crippen LogP contribution in [0.2, 0.25) is 0 Å². The van der Waals surface area contributed by atoms with Gasteiger partial charge in [0.05, 0.1) is 13.7 Å². The zero-order valence-corrected chi connectivity index (χ0v) is 16.2. The fourth-order valence-electron chi connectivity index (χ4n) is 2.47. The maximum atomic E-state index is 11.8. The lowest BCUT2D eigenvalue weighted by Crippen LogP contribution is -2.36. The van der Waals surface area contributed by atoms with Crippen LogP contribution in [0, 0.1) is 0 Å². The minimum atomic E-state index is -0.0496. The molecule has 6 heteroatoms. The molecule has 0 unspecified atom stereocenters. The molecule has 144 valence electrons. The van der Waals surface area contributed by atoms with Crippen LogP contribution < -0.4 is 20.7 Å². The Morgan fingerprint density at radius 2 is 1.52 bits per heavy atom. The van der Waals surface area contributed by atoms with Crippen LogP contribution in [-0.4, -0.2) is 32.1 Å². The van der Waals surface area contributed by atoms with Crippen molar-refractivity contribution in [1.82, 2.24) is 16.0 Å². The number of guanidine groups is 1. The number of carbonyl (C=O) groups is 1. The second-order valence-electron chi connectivity index (χ2n) is 5.95. The van der Waals surface area contributed by atoms with Crippen LogP contribution in [0.3, 0.4) is 0 Å². The number of nitrogens with zero attached hydrogens (tertiary/aromatic N) is 1. The molecule has 2 aromatic carbocycles. The van der Waals surface area contributed by atoms with Gasteiger partial charge in [0.2, 0.25) is 0 Å². The highest BCUT2D eigenvalue weighted by atomic mass is 16.5. The lowest BCUT2D eigenvalue weighted by Gasteiger charge is -2.12. The summed E-state index contributed by atoms with van der Waals surface area (Å²) in [6.45, 7) is 6.55. The first kappa shape index (κ1) is 20.3. The van der Waals surface area contributed by atoms with Gasteiger partial charge in [-0.2, -0.15) is 0 Å². The average molecular weight is 368 g/mol. The molecule has 0 fully saturated rings. The van der Waals surface area contributed by atoms with E-state index in [-0.39, 0.29) is 5.91 Å². The molecule has 0 radical (unpaired) electrons. The van der Waals surface area contributed by atoms with Crippen LogP contribution in [0.1, 0.15) is 35.3 Å². The van der Waals surface area contributed by atoms with Crippen molar-refractivity contribution in [1.29, 1.82) is 0 Å². The second kappa shape index (κ2) is 10.9. The number of nitrogens with one attached hydrogen (secondary N) is 3. The van der Waals surface area contributed by atoms with Crippen LogP contribution in [-0.2, 0) is 13.1 Å². The number of benzene rings is 2. The van der Waals surface area contributed by atoms with Gasteiger partial charge in [-0.25, -0.2) is 4.99 Å². The Bertz CT molecular complexity index is 740. The Morgan fingerprint density at radius 1 is 0.889 bits per heavy atom. The van der Waals surface area contributed by atoms with Gasteiger partial charge in [-0.3, -0.25) is 4.79 Å². The molecule has 1 amide bonds. The minimum absolute atomic E-state index is 0.0496. The first-order chi connectivity index (χ1) is 13.2. The number of ether oxygens (including phenoxy) is 1. The van der Waals surface area contributed by atoms with Crippen molar-refractivity contribution in [3.63, 3.8) is 0 Å². The molecule has 2 aromatic rings. The van der Waals surface area contributed by atoms with E-state index >= 15 is 0 Å². The number of hydrogen-bond acceptors (Lipinski definition) is 3. The zero-order chi connectivity index (χ0) is 19.5. The summed E-state index contributed by atoms with van der Waals surface area (Å²) in [5.41, 5.74) is 2.86. The summed E-state index contributed by atoms with van der Waals surface area (Å²) in [7, 11) is 1.66. The molecule has 0 aliphatic rings. The lowest BCUT2D eigenvalue weighted by atomic mass is 10.1. The first-order valence-electron chi connectivity index (χ1n) is 9.18. The number of rotatable bonds is 8. The normalized spacial score (nSPS) is 11.0. The minimum Gasteiger partial charge on any atom is -0.497 e. The molecule has 0 heterocycles. The number of amides is 1. The van der Waals surface area contributed by atoms with Gasteiger partial charge < -0.3 is 20.7 Å². The fourth-order valence-corrected chi connectivity index (χ4v) is 2.47. The highest BCUT2D eigenvalue weighted by Crippen LogP contribution is 2.11. The zero-order valence-electron chi connectivity index (χ0n) is 16.2. The predicted octanol–water partition coefficient (Wildman–Crippen LogP) is 2.70. The Labute approximate surface area is 161 Å². The average Bonchev–Trinajstić information content (AvgIpc) is 2.71. The van der Waals surface area contributed by atoms with Gasteiger partial charge in [-0.15, -0.1) is 0 Å². The van der Waals surface area contributed by atoms with Crippen molar-refractivity contribution in [2.75, 3.05) is 20.2 Å². The Morgan fingerprint density at radius 3 is 2.11 bits per heavy atom. The van der Waals surface area contributed by atoms with E-state index in [0.717, 1.165) is 29.4 Å². The van der Waals surface area contributed by atoms with E-state index in [9.17, 15) is 4.79 Å². The molecular weight excluding hydrogens is 340 g/mol. The van der Waals surface area contributed by atoms with E-state index in [1.54, 1.807) is 7.11 Å². The van der Waals surface area contributed by atoms with Gasteiger partial charge in [0.1, 0.15) is 5.75 Å². The van der Waals surface area contributed by atoms with Crippen LogP contribution in [0.4, 0.5) is 0 Å². The number of methoxy groups -OCH3 is 1. The summed E-state index contributed by atoms with van der Waals surface area (Å²) >= 11 is 0. The third-order valence-corrected chi connectivity index (χ3v) is 3.94. The van der Waals surface area contributed by atoms with Crippen LogP contribution in [0.25, 0.3) is 0 Å². The molecule has 3 N–H and O–H groups in total. The topological polar surface area (TPSA) is 74.8 Å². The van der Waals surface area contributed by atoms with Crippen LogP contribution in [0.5, 0.6) is 5.75 Å². The van der Waals surface area contributed by atoms with Gasteiger partial charge in [-0.1, -0.05) is 24.3 Å². The van der Waals surface area contributed by atoms with E-state index < -0.39 is 0 Å². The molecule has 27 heavy (non-hydrogen) atoms. The van der Waals surface area contributed by atoms with Crippen molar-refractivity contribution in [2.24, 2.45) is 4.99 Å². The van der Waals surface area contributed by atoms with E-state index in [0.29, 0.717) is 25.2 Å². The Hall–Kier alpha value is -3.02. The predicted molar refractivity (Wildman–Crippen MR) is 109 cm³/mol. The van der Waals surface area contributed by atoms with E-state index in [1.807, 2.05) is 62.4 Å². The van der Waals surface area contributed by atoms with E-state index in [1.165, 1.54) is 0 Å². The van der Waals surface area contributed by atoms with Gasteiger partial charge in [0, 0.05) is 25.2 Å². The summed E-state index contributed by atoms with van der Waals surface area (Å²) < 4.78 is 5.17. The molecule has 0 bridgehead atoms. The van der Waals surface area contributed by atoms with E-state index in [2.05, 4.69) is 20.9 Å². The van der Waals surface area contributed by atoms with Gasteiger partial charge in [-0.05, 0) is 49.2 Å². The number of carbonyl (C=O) groups excluding carboxylic acids is 1. The van der Waals surface area contributed by atoms with Gasteiger partial charge in [0.15, 0.2) is 5.96 Å². The molecule has 0 saturated heterocycles. The maximum absolute atomic E-state index is 11.8. The molecule has 0 aliphatic heterocycles. The van der Waals surface area contributed by atoms with Crippen molar-refractivity contribution in [3.05, 3.63) is 65.2 Å². The summed E-state index contributed by atoms with van der Waals surface area (Å²) in [6, 6.07) is 15.4. The third kappa shape index (κ3) is 6.66. The first-order valence-corrected chi connectivity index (χ1v) is 9.18. The molecule has 0 aliphatic carbocycles. The highest BCUT2D eigenvalue weighted by Gasteiger charge is 2.04. The quantitative estimate of drug-likeness (QED) is 0.495. The van der Waals surface area contributed by atoms with Crippen molar-refractivity contribution in [2.45, 2.75) is 26.9 Å². The standard InChI is InChI=1S/C21H28N4O2/c1-4-22-20(26)18-10-6-16(7-11-18)14-24-21(23-5-2)25-15-17-8-12-19(27-3)13-9-17/h6-13H,4-5,14-15H2,1-3H3,(H,22,26)(H2,23,24,25). The molecule has 0 spiro atoms. The maximum Gasteiger partial charge on any atom is 0.251 e. The Balaban J connectivity index is 1.93. The molecule has 2 rings (SSSR count). The van der Waals surface area contributed by atoms with Crippen molar-refractivity contribution in [3.8, 4) is 5.75 Å². The van der Waals surface area contributed by atoms with Crippen molar-refractivity contribution < 1.29 is 9.53 Å². The Kier molecular flexibility index (Phi) is 8.16. The van der Waals surface area contributed by atoms with Gasteiger partial charge >= 0.3 is 0 Å². The molecule has 0 saturated carbocycles. The van der Waals surface area contributed by atoms with Gasteiger partial charge in [0.25, 0.3) is 5.91 Å². The van der Waals surface area contributed by atoms with Crippen LogP contribution >= 0.6 is 0 Å². The smallest absolute Gasteiger partial charge is 0.251 e. The lowest BCUT2D eigenvalue weighted by molar-refractivity contribution is 0.0956. The molecule has 6 nitrogen and oxygen atoms in total. The van der Waals surface area contributed by atoms with E-state index in [4.69, 9.17) is 4.74 Å². The number of hydrogen-bond donors (Lipinski definition) is 3. The fraction of sp³-hybridized carbons (Fsp3) is 0.333. The molecular formula is C21H28N4O2. The summed E-state index contributed by atoms with van der Waals surface area (Å²) in [5.74, 6) is 1.54. The summed E-state index contributed by atoms with van der Waals surface area (Å²) in [6.07, 6.45) is 0. The molecule has 0 aromatic heterocycles.